The second kappa shape index (κ2) is 19.8. The molecule has 8 aromatic rings. The lowest BCUT2D eigenvalue weighted by molar-refractivity contribution is -0.274. The third-order valence-corrected chi connectivity index (χ3v) is 12.5. The Hall–Kier alpha value is -5.64. The lowest BCUT2D eigenvalue weighted by Gasteiger charge is -2.46. The summed E-state index contributed by atoms with van der Waals surface area (Å²) in [5, 5.41) is 3.29. The highest BCUT2D eigenvalue weighted by atomic mass is 32.1. The predicted octanol–water partition coefficient (Wildman–Crippen LogP) is 12.1. The van der Waals surface area contributed by atoms with Crippen molar-refractivity contribution in [3.8, 4) is 5.75 Å². The van der Waals surface area contributed by atoms with Crippen molar-refractivity contribution >= 4 is 32.2 Å². The van der Waals surface area contributed by atoms with E-state index in [1.54, 1.807) is 7.11 Å². The lowest BCUT2D eigenvalue weighted by atomic mass is 9.86. The summed E-state index contributed by atoms with van der Waals surface area (Å²) >= 11 is 1.82. The quantitative estimate of drug-likeness (QED) is 0.0911. The molecule has 0 saturated carbocycles. The first-order chi connectivity index (χ1) is 30.2. The van der Waals surface area contributed by atoms with Gasteiger partial charge in [0.1, 0.15) is 36.3 Å². The highest BCUT2D eigenvalue weighted by molar-refractivity contribution is 7.19. The minimum atomic E-state index is -0.580. The van der Waals surface area contributed by atoms with Gasteiger partial charge in [-0.2, -0.15) is 0 Å². The lowest BCUT2D eigenvalue weighted by Crippen LogP contribution is -2.58. The van der Waals surface area contributed by atoms with Crippen LogP contribution in [0.15, 0.2) is 182 Å². The van der Waals surface area contributed by atoms with Gasteiger partial charge >= 0.3 is 0 Å². The Labute approximate surface area is 362 Å². The molecule has 1 aliphatic heterocycles. The van der Waals surface area contributed by atoms with E-state index in [-0.39, 0.29) is 6.61 Å². The van der Waals surface area contributed by atoms with E-state index >= 15 is 0 Å². The number of thiophene rings is 1. The van der Waals surface area contributed by atoms with E-state index in [4.69, 9.17) is 28.4 Å². The van der Waals surface area contributed by atoms with Gasteiger partial charge in [-0.25, -0.2) is 0 Å². The SMILES string of the molecule is COc1c(Cc2cc3ccccc3s2)cc(C2O[C@H](COCc3ccccc3)[C@H](OCc3ccccc3)[C@H](OCc3ccccc3)[C@@H]2OCc2ccccc2)c2ccccc12. The first-order valence-electron chi connectivity index (χ1n) is 21.0. The van der Waals surface area contributed by atoms with Gasteiger partial charge in [0, 0.05) is 26.9 Å². The summed E-state index contributed by atoms with van der Waals surface area (Å²) in [7, 11) is 1.76. The average Bonchev–Trinajstić information content (AvgIpc) is 3.73. The van der Waals surface area contributed by atoms with Crippen LogP contribution in [0.5, 0.6) is 5.75 Å². The number of fused-ring (bicyclic) bond motifs is 2. The second-order valence-electron chi connectivity index (χ2n) is 15.5. The van der Waals surface area contributed by atoms with Gasteiger partial charge < -0.3 is 28.4 Å². The second-order valence-corrected chi connectivity index (χ2v) is 16.7. The predicted molar refractivity (Wildman–Crippen MR) is 244 cm³/mol. The molecule has 61 heavy (non-hydrogen) atoms. The molecule has 1 saturated heterocycles. The normalized spacial score (nSPS) is 19.0. The Morgan fingerprint density at radius 1 is 0.508 bits per heavy atom. The van der Waals surface area contributed by atoms with Crippen LogP contribution in [0.1, 0.15) is 44.4 Å². The van der Waals surface area contributed by atoms with Crippen LogP contribution in [0.25, 0.3) is 20.9 Å². The molecular weight excluding hydrogens is 777 g/mol. The van der Waals surface area contributed by atoms with E-state index in [0.29, 0.717) is 32.8 Å². The monoisotopic (exact) mass is 826 g/mol. The van der Waals surface area contributed by atoms with Crippen molar-refractivity contribution in [2.45, 2.75) is 63.4 Å². The zero-order valence-electron chi connectivity index (χ0n) is 34.3. The molecular formula is C54H50O6S. The summed E-state index contributed by atoms with van der Waals surface area (Å²) in [5.41, 5.74) is 6.35. The van der Waals surface area contributed by atoms with Crippen molar-refractivity contribution < 1.29 is 28.4 Å². The highest BCUT2D eigenvalue weighted by Gasteiger charge is 2.49. The maximum atomic E-state index is 7.44. The maximum absolute atomic E-state index is 7.44. The molecule has 5 atom stereocenters. The fraction of sp³-hybridized carbons (Fsp3) is 0.222. The molecule has 0 bridgehead atoms. The number of hydrogen-bond acceptors (Lipinski definition) is 7. The van der Waals surface area contributed by atoms with Gasteiger partial charge in [0.25, 0.3) is 0 Å². The molecule has 2 heterocycles. The van der Waals surface area contributed by atoms with E-state index in [9.17, 15) is 0 Å². The minimum Gasteiger partial charge on any atom is -0.496 e. The van der Waals surface area contributed by atoms with E-state index in [2.05, 4.69) is 109 Å². The summed E-state index contributed by atoms with van der Waals surface area (Å²) in [5.74, 6) is 0.859. The van der Waals surface area contributed by atoms with Crippen molar-refractivity contribution in [2.75, 3.05) is 13.7 Å². The highest BCUT2D eigenvalue weighted by Crippen LogP contribution is 2.44. The fourth-order valence-corrected chi connectivity index (χ4v) is 9.48. The van der Waals surface area contributed by atoms with Crippen molar-refractivity contribution in [1.82, 2.24) is 0 Å². The van der Waals surface area contributed by atoms with Gasteiger partial charge in [0.05, 0.1) is 40.1 Å². The molecule has 0 spiro atoms. The summed E-state index contributed by atoms with van der Waals surface area (Å²) < 4.78 is 42.8. The van der Waals surface area contributed by atoms with Crippen LogP contribution in [-0.4, -0.2) is 38.1 Å². The molecule has 1 unspecified atom stereocenters. The van der Waals surface area contributed by atoms with E-state index in [0.717, 1.165) is 49.9 Å². The van der Waals surface area contributed by atoms with Crippen LogP contribution in [-0.2, 0) is 56.5 Å². The topological polar surface area (TPSA) is 55.4 Å². The number of hydrogen-bond donors (Lipinski definition) is 0. The summed E-state index contributed by atoms with van der Waals surface area (Å²) in [6.45, 7) is 1.82. The van der Waals surface area contributed by atoms with Crippen LogP contribution >= 0.6 is 11.3 Å². The average molecular weight is 827 g/mol. The van der Waals surface area contributed by atoms with Crippen molar-refractivity contribution in [1.29, 1.82) is 0 Å². The molecule has 1 aliphatic rings. The maximum Gasteiger partial charge on any atom is 0.130 e. The van der Waals surface area contributed by atoms with Gasteiger partial charge in [-0.1, -0.05) is 164 Å². The Morgan fingerprint density at radius 2 is 1.02 bits per heavy atom. The Morgan fingerprint density at radius 3 is 1.61 bits per heavy atom. The molecule has 308 valence electrons. The number of methoxy groups -OCH3 is 1. The molecule has 0 radical (unpaired) electrons. The Bertz CT molecular complexity index is 2570. The molecule has 1 fully saturated rings. The summed E-state index contributed by atoms with van der Waals surface area (Å²) in [4.78, 5) is 1.26. The molecule has 6 nitrogen and oxygen atoms in total. The van der Waals surface area contributed by atoms with E-state index < -0.39 is 30.5 Å². The van der Waals surface area contributed by atoms with Crippen molar-refractivity contribution in [2.24, 2.45) is 0 Å². The molecule has 7 heteroatoms. The largest absolute Gasteiger partial charge is 0.496 e. The van der Waals surface area contributed by atoms with E-state index in [1.165, 1.54) is 15.0 Å². The zero-order valence-corrected chi connectivity index (χ0v) is 35.1. The van der Waals surface area contributed by atoms with Gasteiger partial charge in [-0.15, -0.1) is 11.3 Å². The third kappa shape index (κ3) is 9.79. The van der Waals surface area contributed by atoms with Gasteiger partial charge in [-0.05, 0) is 56.8 Å². The smallest absolute Gasteiger partial charge is 0.130 e. The Kier molecular flexibility index (Phi) is 13.2. The van der Waals surface area contributed by atoms with Crippen molar-refractivity contribution in [3.63, 3.8) is 0 Å². The molecule has 0 aliphatic carbocycles. The molecule has 9 rings (SSSR count). The number of ether oxygens (including phenoxy) is 6. The molecule has 0 N–H and O–H groups in total. The first-order valence-corrected chi connectivity index (χ1v) is 21.8. The van der Waals surface area contributed by atoms with Gasteiger partial charge in [0.15, 0.2) is 0 Å². The Balaban J connectivity index is 1.16. The van der Waals surface area contributed by atoms with E-state index in [1.807, 2.05) is 84.1 Å². The summed E-state index contributed by atoms with van der Waals surface area (Å²) in [6.07, 6.45) is -2.06. The third-order valence-electron chi connectivity index (χ3n) is 11.3. The fourth-order valence-electron chi connectivity index (χ4n) is 8.40. The van der Waals surface area contributed by atoms with Gasteiger partial charge in [0.2, 0.25) is 0 Å². The van der Waals surface area contributed by atoms with Crippen LogP contribution in [0.2, 0.25) is 0 Å². The zero-order chi connectivity index (χ0) is 41.2. The van der Waals surface area contributed by atoms with Gasteiger partial charge in [-0.3, -0.25) is 0 Å². The molecule has 0 amide bonds. The summed E-state index contributed by atoms with van der Waals surface area (Å²) in [6, 6.07) is 62.6. The number of rotatable bonds is 17. The standard InChI is InChI=1S/C54H50O6S/c1-55-50-43(31-44-30-42-26-14-17-29-49(42)61-44)32-47(45-27-15-16-28-46(45)50)51-53(58-35-40-22-10-4-11-23-40)54(59-36-41-24-12-5-13-25-41)52(57-34-39-20-8-3-9-21-39)48(60-51)37-56-33-38-18-6-2-7-19-38/h2-30,32,48,51-54H,31,33-37H2,1H3/t48-,51?,52+,53-,54+/m1/s1. The molecule has 1 aromatic heterocycles. The molecule has 7 aromatic carbocycles. The first kappa shape index (κ1) is 40.7. The number of benzene rings is 7. The van der Waals surface area contributed by atoms with Crippen LogP contribution in [0.3, 0.4) is 0 Å². The van der Waals surface area contributed by atoms with Crippen molar-refractivity contribution in [3.05, 3.63) is 220 Å². The van der Waals surface area contributed by atoms with Crippen LogP contribution in [0.4, 0.5) is 0 Å². The van der Waals surface area contributed by atoms with Crippen LogP contribution in [0, 0.1) is 0 Å². The minimum absolute atomic E-state index is 0.282. The van der Waals surface area contributed by atoms with Crippen LogP contribution < -0.4 is 4.74 Å².